The van der Waals surface area contributed by atoms with E-state index in [-0.39, 0.29) is 35.3 Å². The number of amides is 4. The third kappa shape index (κ3) is 6.37. The first-order valence-corrected chi connectivity index (χ1v) is 12.5. The van der Waals surface area contributed by atoms with Crippen LogP contribution in [0.3, 0.4) is 0 Å². The number of aryl methyl sites for hydroxylation is 1. The van der Waals surface area contributed by atoms with E-state index in [0.717, 1.165) is 28.6 Å². The molecule has 0 saturated carbocycles. The van der Waals surface area contributed by atoms with Crippen molar-refractivity contribution in [2.45, 2.75) is 25.9 Å². The monoisotopic (exact) mass is 471 g/mol. The molecular weight excluding hydrogens is 446 g/mol. The van der Waals surface area contributed by atoms with Gasteiger partial charge in [0.25, 0.3) is 11.1 Å². The molecule has 2 aromatic carbocycles. The second kappa shape index (κ2) is 11.2. The maximum absolute atomic E-state index is 12.9. The predicted molar refractivity (Wildman–Crippen MR) is 129 cm³/mol. The van der Waals surface area contributed by atoms with Crippen molar-refractivity contribution >= 4 is 52.2 Å². The first-order chi connectivity index (χ1) is 15.4. The highest BCUT2D eigenvalue weighted by atomic mass is 32.2. The van der Waals surface area contributed by atoms with Crippen molar-refractivity contribution in [2.24, 2.45) is 0 Å². The van der Waals surface area contributed by atoms with E-state index in [1.165, 1.54) is 4.90 Å². The minimum absolute atomic E-state index is 0.179. The summed E-state index contributed by atoms with van der Waals surface area (Å²) in [6.07, 6.45) is 2.45. The maximum Gasteiger partial charge on any atom is 0.289 e. The molecule has 32 heavy (non-hydrogen) atoms. The van der Waals surface area contributed by atoms with E-state index >= 15 is 0 Å². The molecular formula is C23H25N3O4S2. The van der Waals surface area contributed by atoms with Gasteiger partial charge in [-0.05, 0) is 55.2 Å². The Morgan fingerprint density at radius 1 is 1.16 bits per heavy atom. The van der Waals surface area contributed by atoms with E-state index in [9.17, 15) is 19.2 Å². The third-order valence-corrected chi connectivity index (χ3v) is 6.42. The lowest BCUT2D eigenvalue weighted by Gasteiger charge is -2.19. The van der Waals surface area contributed by atoms with Gasteiger partial charge in [0.15, 0.2) is 0 Å². The molecule has 1 heterocycles. The molecule has 0 aliphatic carbocycles. The molecule has 2 aromatic rings. The van der Waals surface area contributed by atoms with Crippen molar-refractivity contribution in [3.63, 3.8) is 0 Å². The zero-order valence-electron chi connectivity index (χ0n) is 17.9. The Morgan fingerprint density at radius 2 is 1.91 bits per heavy atom. The van der Waals surface area contributed by atoms with Crippen LogP contribution in [0.1, 0.15) is 27.9 Å². The molecule has 0 spiro atoms. The molecule has 0 radical (unpaired) electrons. The largest absolute Gasteiger partial charge is 0.340 e. The van der Waals surface area contributed by atoms with Gasteiger partial charge in [-0.25, -0.2) is 0 Å². The fraction of sp³-hybridized carbons (Fsp3) is 0.304. The lowest BCUT2D eigenvalue weighted by atomic mass is 10.1. The summed E-state index contributed by atoms with van der Waals surface area (Å²) in [5.74, 6) is 0.121. The standard InChI is InChI=1S/C23H25N3O4S2/c1-15-4-3-5-17(12-15)21(28)25-19(10-11-31-2)22(29)24-18-8-6-16(7-9-18)13-26-20(27)14-32-23(26)30/h3-9,12,19H,10-11,13-14H2,1-2H3,(H,24,29)(H,25,28). The van der Waals surface area contributed by atoms with Crippen molar-refractivity contribution in [3.05, 3.63) is 65.2 Å². The summed E-state index contributed by atoms with van der Waals surface area (Å²) in [6, 6.07) is 13.5. The van der Waals surface area contributed by atoms with Crippen molar-refractivity contribution in [3.8, 4) is 0 Å². The number of nitrogens with one attached hydrogen (secondary N) is 2. The van der Waals surface area contributed by atoms with Gasteiger partial charge in [-0.15, -0.1) is 0 Å². The van der Waals surface area contributed by atoms with Crippen molar-refractivity contribution in [1.29, 1.82) is 0 Å². The van der Waals surface area contributed by atoms with Crippen LogP contribution in [0.15, 0.2) is 48.5 Å². The fourth-order valence-corrected chi connectivity index (χ4v) is 4.37. The summed E-state index contributed by atoms with van der Waals surface area (Å²) in [7, 11) is 0. The Morgan fingerprint density at radius 3 is 2.53 bits per heavy atom. The number of rotatable bonds is 9. The number of carbonyl (C=O) groups excluding carboxylic acids is 4. The molecule has 2 N–H and O–H groups in total. The highest BCUT2D eigenvalue weighted by molar-refractivity contribution is 8.14. The second-order valence-electron chi connectivity index (χ2n) is 7.40. The van der Waals surface area contributed by atoms with Crippen LogP contribution in [0.4, 0.5) is 10.5 Å². The smallest absolute Gasteiger partial charge is 0.289 e. The lowest BCUT2D eigenvalue weighted by molar-refractivity contribution is -0.125. The number of anilines is 1. The number of nitrogens with zero attached hydrogens (tertiary/aromatic N) is 1. The van der Waals surface area contributed by atoms with E-state index in [1.54, 1.807) is 48.2 Å². The van der Waals surface area contributed by atoms with Gasteiger partial charge in [-0.2, -0.15) is 11.8 Å². The molecule has 3 rings (SSSR count). The molecule has 1 unspecified atom stereocenters. The fourth-order valence-electron chi connectivity index (χ4n) is 3.17. The molecule has 1 aliphatic rings. The highest BCUT2D eigenvalue weighted by Gasteiger charge is 2.29. The van der Waals surface area contributed by atoms with Gasteiger partial charge >= 0.3 is 0 Å². The maximum atomic E-state index is 12.9. The highest BCUT2D eigenvalue weighted by Crippen LogP contribution is 2.22. The number of imide groups is 1. The van der Waals surface area contributed by atoms with E-state index < -0.39 is 6.04 Å². The SMILES string of the molecule is CSCCC(NC(=O)c1cccc(C)c1)C(=O)Nc1ccc(CN2C(=O)CSC2=O)cc1. The number of thioether (sulfide) groups is 2. The van der Waals surface area contributed by atoms with E-state index in [1.807, 2.05) is 25.3 Å². The molecule has 168 valence electrons. The van der Waals surface area contributed by atoms with E-state index in [2.05, 4.69) is 10.6 Å². The van der Waals surface area contributed by atoms with Crippen LogP contribution in [0.2, 0.25) is 0 Å². The average molecular weight is 472 g/mol. The van der Waals surface area contributed by atoms with Crippen molar-refractivity contribution < 1.29 is 19.2 Å². The van der Waals surface area contributed by atoms with Gasteiger partial charge < -0.3 is 10.6 Å². The molecule has 1 atom stereocenters. The van der Waals surface area contributed by atoms with Gasteiger partial charge in [0.2, 0.25) is 11.8 Å². The Kier molecular flexibility index (Phi) is 8.35. The molecule has 1 aliphatic heterocycles. The molecule has 0 aromatic heterocycles. The topological polar surface area (TPSA) is 95.6 Å². The Hall–Kier alpha value is -2.78. The quantitative estimate of drug-likeness (QED) is 0.579. The molecule has 1 fully saturated rings. The van der Waals surface area contributed by atoms with E-state index in [0.29, 0.717) is 17.7 Å². The van der Waals surface area contributed by atoms with Crippen LogP contribution in [-0.2, 0) is 16.1 Å². The first-order valence-electron chi connectivity index (χ1n) is 10.1. The summed E-state index contributed by atoms with van der Waals surface area (Å²) >= 11 is 2.61. The second-order valence-corrected chi connectivity index (χ2v) is 9.31. The molecule has 0 bridgehead atoms. The average Bonchev–Trinajstić information content (AvgIpc) is 3.09. The van der Waals surface area contributed by atoms with Gasteiger partial charge in [-0.3, -0.25) is 24.1 Å². The van der Waals surface area contributed by atoms with Crippen LogP contribution in [0.5, 0.6) is 0 Å². The molecule has 1 saturated heterocycles. The third-order valence-electron chi connectivity index (χ3n) is 4.92. The van der Waals surface area contributed by atoms with Gasteiger partial charge in [-0.1, -0.05) is 41.6 Å². The van der Waals surface area contributed by atoms with Gasteiger partial charge in [0, 0.05) is 11.3 Å². The van der Waals surface area contributed by atoms with Crippen molar-refractivity contribution in [1.82, 2.24) is 10.2 Å². The van der Waals surface area contributed by atoms with Crippen LogP contribution < -0.4 is 10.6 Å². The van der Waals surface area contributed by atoms with Crippen LogP contribution in [-0.4, -0.2) is 51.7 Å². The summed E-state index contributed by atoms with van der Waals surface area (Å²) < 4.78 is 0. The minimum atomic E-state index is -0.674. The van der Waals surface area contributed by atoms with Crippen LogP contribution >= 0.6 is 23.5 Å². The summed E-state index contributed by atoms with van der Waals surface area (Å²) in [5, 5.41) is 5.44. The zero-order chi connectivity index (χ0) is 23.1. The minimum Gasteiger partial charge on any atom is -0.340 e. The van der Waals surface area contributed by atoms with E-state index in [4.69, 9.17) is 0 Å². The number of carbonyl (C=O) groups is 4. The number of benzene rings is 2. The molecule has 9 heteroatoms. The normalized spacial score (nSPS) is 14.4. The lowest BCUT2D eigenvalue weighted by Crippen LogP contribution is -2.44. The Labute approximate surface area is 195 Å². The van der Waals surface area contributed by atoms with Gasteiger partial charge in [0.1, 0.15) is 6.04 Å². The Balaban J connectivity index is 1.63. The van der Waals surface area contributed by atoms with Crippen molar-refractivity contribution in [2.75, 3.05) is 23.1 Å². The van der Waals surface area contributed by atoms with Crippen LogP contribution in [0, 0.1) is 6.92 Å². The summed E-state index contributed by atoms with van der Waals surface area (Å²) in [4.78, 5) is 50.2. The molecule has 7 nitrogen and oxygen atoms in total. The van der Waals surface area contributed by atoms with Gasteiger partial charge in [0.05, 0.1) is 12.3 Å². The number of hydrogen-bond donors (Lipinski definition) is 2. The predicted octanol–water partition coefficient (Wildman–Crippen LogP) is 3.68. The summed E-state index contributed by atoms with van der Waals surface area (Å²) in [5.41, 5.74) is 2.85. The Bertz CT molecular complexity index is 995. The summed E-state index contributed by atoms with van der Waals surface area (Å²) in [6.45, 7) is 2.12. The molecule has 4 amide bonds. The first kappa shape index (κ1) is 23.9. The van der Waals surface area contributed by atoms with Crippen LogP contribution in [0.25, 0.3) is 0 Å². The number of hydrogen-bond acceptors (Lipinski definition) is 6. The zero-order valence-corrected chi connectivity index (χ0v) is 19.6.